The number of rotatable bonds is 18. The number of hydrogen-bond acceptors (Lipinski definition) is 8. The molecule has 2 aromatic carbocycles. The molecule has 3 amide bonds. The summed E-state index contributed by atoms with van der Waals surface area (Å²) in [6.45, 7) is 10.7. The fourth-order valence-corrected chi connectivity index (χ4v) is 8.81. The van der Waals surface area contributed by atoms with Gasteiger partial charge in [-0.1, -0.05) is 52.0 Å². The lowest BCUT2D eigenvalue weighted by atomic mass is 9.76. The number of carbonyl (C=O) groups excluding carboxylic acids is 4. The van der Waals surface area contributed by atoms with Crippen molar-refractivity contribution in [3.63, 3.8) is 0 Å². The number of fused-ring (bicyclic) bond motifs is 1. The topological polar surface area (TPSA) is 154 Å². The van der Waals surface area contributed by atoms with E-state index in [1.54, 1.807) is 54.3 Å². The van der Waals surface area contributed by atoms with Crippen molar-refractivity contribution in [2.75, 3.05) is 32.5 Å². The van der Waals surface area contributed by atoms with Crippen molar-refractivity contribution < 1.29 is 29.1 Å². The van der Waals surface area contributed by atoms with Crippen LogP contribution in [0, 0.1) is 5.41 Å². The first-order valence-corrected chi connectivity index (χ1v) is 20.2. The first-order valence-electron chi connectivity index (χ1n) is 19.3. The van der Waals surface area contributed by atoms with E-state index < -0.39 is 5.97 Å². The molecule has 4 aromatic rings. The third-order valence-electron chi connectivity index (χ3n) is 10.6. The molecule has 0 radical (unpaired) electrons. The molecule has 12 nitrogen and oxygen atoms in total. The SMILES string of the molecule is CCC(CC)N(CCN(C)C(=O)CCC(=O)O)Cc1cccc(C(=O)Nc2sc3c(c2C(=O)c2cnn(Cc4cccc(C(=O)NC)c4)c2)CCC(C)(C)C3)c1. The Hall–Kier alpha value is -5.14. The largest absolute Gasteiger partial charge is 0.481 e. The molecule has 0 bridgehead atoms. The number of carboxylic acid groups (broad SMARTS) is 1. The second kappa shape index (κ2) is 18.7. The quantitative estimate of drug-likeness (QED) is 0.0948. The van der Waals surface area contributed by atoms with Gasteiger partial charge in [0.05, 0.1) is 30.3 Å². The van der Waals surface area contributed by atoms with Gasteiger partial charge in [-0.3, -0.25) is 33.6 Å². The Balaban J connectivity index is 1.35. The van der Waals surface area contributed by atoms with Gasteiger partial charge in [0.25, 0.3) is 11.8 Å². The van der Waals surface area contributed by atoms with Gasteiger partial charge in [-0.15, -0.1) is 11.3 Å². The smallest absolute Gasteiger partial charge is 0.303 e. The average molecular weight is 783 g/mol. The highest BCUT2D eigenvalue weighted by Crippen LogP contribution is 2.44. The third kappa shape index (κ3) is 10.6. The Morgan fingerprint density at radius 1 is 0.946 bits per heavy atom. The van der Waals surface area contributed by atoms with E-state index in [0.29, 0.717) is 53.4 Å². The summed E-state index contributed by atoms with van der Waals surface area (Å²) < 4.78 is 1.68. The van der Waals surface area contributed by atoms with Gasteiger partial charge >= 0.3 is 5.97 Å². The maximum atomic E-state index is 14.3. The van der Waals surface area contributed by atoms with Crippen LogP contribution in [0.15, 0.2) is 60.9 Å². The minimum atomic E-state index is -0.994. The van der Waals surface area contributed by atoms with E-state index in [2.05, 4.69) is 48.3 Å². The van der Waals surface area contributed by atoms with Gasteiger partial charge in [0.15, 0.2) is 5.78 Å². The number of nitrogens with one attached hydrogen (secondary N) is 2. The van der Waals surface area contributed by atoms with Crippen LogP contribution in [0.25, 0.3) is 0 Å². The Morgan fingerprint density at radius 2 is 1.62 bits per heavy atom. The number of thiophene rings is 1. The van der Waals surface area contributed by atoms with Crippen LogP contribution >= 0.6 is 11.3 Å². The molecule has 298 valence electrons. The number of carbonyl (C=O) groups is 5. The standard InChI is InChI=1S/C43H54N6O6S/c1-7-33(8-2)48(20-19-47(6)36(50)15-16-37(51)52)25-28-11-9-14-31(21-28)41(55)46-42-38(34-17-18-43(3,4)23-35(34)56-42)39(53)32-24-45-49(27-32)26-29-12-10-13-30(22-29)40(54)44-5/h9-14,21-22,24,27,33H,7-8,15-20,23,25-26H2,1-6H3,(H,44,54)(H,46,55)(H,51,52). The zero-order chi connectivity index (χ0) is 40.6. The Labute approximate surface area is 333 Å². The van der Waals surface area contributed by atoms with Crippen molar-refractivity contribution in [2.45, 2.75) is 91.8 Å². The summed E-state index contributed by atoms with van der Waals surface area (Å²) >= 11 is 1.48. The molecule has 2 aromatic heterocycles. The zero-order valence-corrected chi connectivity index (χ0v) is 34.1. The lowest BCUT2D eigenvalue weighted by molar-refractivity contribution is -0.140. The monoisotopic (exact) mass is 782 g/mol. The number of anilines is 1. The molecule has 2 heterocycles. The van der Waals surface area contributed by atoms with E-state index in [4.69, 9.17) is 5.11 Å². The summed E-state index contributed by atoms with van der Waals surface area (Å²) in [5, 5.41) is 19.8. The number of benzene rings is 2. The number of aliphatic carboxylic acids is 1. The molecule has 3 N–H and O–H groups in total. The van der Waals surface area contributed by atoms with Crippen molar-refractivity contribution in [1.29, 1.82) is 0 Å². The van der Waals surface area contributed by atoms with Gasteiger partial charge in [0, 0.05) is 68.4 Å². The number of ketones is 1. The fourth-order valence-electron chi connectivity index (χ4n) is 7.31. The van der Waals surface area contributed by atoms with Crippen molar-refractivity contribution in [3.05, 3.63) is 105 Å². The molecule has 0 saturated heterocycles. The maximum absolute atomic E-state index is 14.3. The summed E-state index contributed by atoms with van der Waals surface area (Å²) in [6.07, 6.45) is 7.34. The van der Waals surface area contributed by atoms with Gasteiger partial charge in [0.2, 0.25) is 5.91 Å². The molecule has 0 unspecified atom stereocenters. The molecule has 1 aliphatic carbocycles. The highest BCUT2D eigenvalue weighted by molar-refractivity contribution is 7.17. The van der Waals surface area contributed by atoms with E-state index in [1.807, 2.05) is 30.3 Å². The van der Waals surface area contributed by atoms with E-state index in [1.165, 1.54) is 11.3 Å². The average Bonchev–Trinajstić information content (AvgIpc) is 3.79. The van der Waals surface area contributed by atoms with Crippen LogP contribution in [0.2, 0.25) is 0 Å². The summed E-state index contributed by atoms with van der Waals surface area (Å²) in [5.41, 5.74) is 4.84. The molecule has 1 aliphatic rings. The Morgan fingerprint density at radius 3 is 2.30 bits per heavy atom. The van der Waals surface area contributed by atoms with Gasteiger partial charge < -0.3 is 20.6 Å². The molecule has 56 heavy (non-hydrogen) atoms. The predicted molar refractivity (Wildman–Crippen MR) is 218 cm³/mol. The normalized spacial score (nSPS) is 13.4. The highest BCUT2D eigenvalue weighted by atomic mass is 32.1. The molecule has 0 spiro atoms. The van der Waals surface area contributed by atoms with Crippen LogP contribution in [-0.4, -0.2) is 87.4 Å². The summed E-state index contributed by atoms with van der Waals surface area (Å²) in [4.78, 5) is 69.0. The first kappa shape index (κ1) is 42.0. The molecule has 0 fully saturated rings. The summed E-state index contributed by atoms with van der Waals surface area (Å²) in [6, 6.07) is 15.0. The van der Waals surface area contributed by atoms with Crippen molar-refractivity contribution in [3.8, 4) is 0 Å². The highest BCUT2D eigenvalue weighted by Gasteiger charge is 2.34. The molecule has 0 saturated carbocycles. The predicted octanol–water partition coefficient (Wildman–Crippen LogP) is 6.66. The van der Waals surface area contributed by atoms with E-state index in [9.17, 15) is 24.0 Å². The summed E-state index contributed by atoms with van der Waals surface area (Å²) in [7, 11) is 3.29. The molecular weight excluding hydrogens is 729 g/mol. The van der Waals surface area contributed by atoms with Crippen molar-refractivity contribution >= 4 is 45.8 Å². The second-order valence-corrected chi connectivity index (χ2v) is 16.5. The van der Waals surface area contributed by atoms with Crippen LogP contribution < -0.4 is 10.6 Å². The molecule has 13 heteroatoms. The first-order chi connectivity index (χ1) is 26.7. The van der Waals surface area contributed by atoms with Crippen LogP contribution in [0.5, 0.6) is 0 Å². The molecular formula is C43H54N6O6S. The Bertz CT molecular complexity index is 2060. The summed E-state index contributed by atoms with van der Waals surface area (Å²) in [5.74, 6) is -1.87. The number of carboxylic acids is 1. The maximum Gasteiger partial charge on any atom is 0.303 e. The fraction of sp³-hybridized carbons (Fsp3) is 0.442. The lowest BCUT2D eigenvalue weighted by Gasteiger charge is -2.32. The van der Waals surface area contributed by atoms with E-state index >= 15 is 0 Å². The lowest BCUT2D eigenvalue weighted by Crippen LogP contribution is -2.41. The number of aromatic nitrogens is 2. The Kier molecular flexibility index (Phi) is 14.0. The minimum Gasteiger partial charge on any atom is -0.481 e. The van der Waals surface area contributed by atoms with Crippen LogP contribution in [0.4, 0.5) is 5.00 Å². The number of amides is 3. The molecule has 0 atom stereocenters. The van der Waals surface area contributed by atoms with Gasteiger partial charge in [0.1, 0.15) is 5.00 Å². The van der Waals surface area contributed by atoms with Gasteiger partial charge in [-0.2, -0.15) is 5.10 Å². The minimum absolute atomic E-state index is 0.0354. The number of hydrogen-bond donors (Lipinski definition) is 3. The van der Waals surface area contributed by atoms with Gasteiger partial charge in [-0.25, -0.2) is 0 Å². The second-order valence-electron chi connectivity index (χ2n) is 15.4. The van der Waals surface area contributed by atoms with Crippen LogP contribution in [0.1, 0.15) is 118 Å². The molecule has 5 rings (SSSR count). The number of nitrogens with zero attached hydrogens (tertiary/aromatic N) is 4. The van der Waals surface area contributed by atoms with E-state index in [-0.39, 0.29) is 47.8 Å². The third-order valence-corrected chi connectivity index (χ3v) is 11.8. The number of likely N-dealkylation sites (N-methyl/N-ethyl adjacent to an activating group) is 1. The van der Waals surface area contributed by atoms with Crippen molar-refractivity contribution in [2.24, 2.45) is 5.41 Å². The molecule has 0 aliphatic heterocycles. The van der Waals surface area contributed by atoms with Gasteiger partial charge in [-0.05, 0) is 78.5 Å². The van der Waals surface area contributed by atoms with Crippen molar-refractivity contribution in [1.82, 2.24) is 24.9 Å². The van der Waals surface area contributed by atoms with Crippen LogP contribution in [-0.2, 0) is 35.5 Å². The van der Waals surface area contributed by atoms with E-state index in [0.717, 1.165) is 53.7 Å². The zero-order valence-electron chi connectivity index (χ0n) is 33.3. The van der Waals surface area contributed by atoms with Crippen LogP contribution in [0.3, 0.4) is 0 Å².